The summed E-state index contributed by atoms with van der Waals surface area (Å²) in [7, 11) is 0. The van der Waals surface area contributed by atoms with E-state index in [1.165, 1.54) is 6.20 Å². The van der Waals surface area contributed by atoms with E-state index in [9.17, 15) is 4.91 Å². The van der Waals surface area contributed by atoms with Gasteiger partial charge in [-0.2, -0.15) is 0 Å². The molecule has 0 bridgehead atoms. The second kappa shape index (κ2) is 2.48. The van der Waals surface area contributed by atoms with Crippen LogP contribution in [-0.4, -0.2) is 9.74 Å². The van der Waals surface area contributed by atoms with E-state index in [0.29, 0.717) is 5.70 Å². The maximum Gasteiger partial charge on any atom is 0.279 e. The van der Waals surface area contributed by atoms with Crippen LogP contribution < -0.4 is 10.6 Å². The fourth-order valence-electron chi connectivity index (χ4n) is 1.78. The molecule has 1 aromatic rings. The molecule has 0 spiro atoms. The molecule has 0 unspecified atom stereocenters. The zero-order valence-electron chi connectivity index (χ0n) is 7.34. The van der Waals surface area contributed by atoms with E-state index in [4.69, 9.17) is 0 Å². The number of aromatic nitrogens is 1. The number of hydrogen-bond donors (Lipinski definition) is 0. The molecule has 0 amide bonds. The SMILES string of the molecule is O=[N+]1C=CC=C2C=c3ncccc3=C21. The van der Waals surface area contributed by atoms with Gasteiger partial charge in [-0.3, -0.25) is 4.98 Å². The molecular weight excluding hydrogens is 176 g/mol. The predicted octanol–water partition coefficient (Wildman–Crippen LogP) is 0.216. The molecule has 66 valence electrons. The van der Waals surface area contributed by atoms with Crippen molar-refractivity contribution < 1.29 is 4.76 Å². The maximum atomic E-state index is 11.5. The summed E-state index contributed by atoms with van der Waals surface area (Å²) in [4.78, 5) is 15.8. The van der Waals surface area contributed by atoms with Crippen molar-refractivity contribution in [2.45, 2.75) is 0 Å². The zero-order chi connectivity index (χ0) is 9.54. The number of fused-ring (bicyclic) bond motifs is 2. The van der Waals surface area contributed by atoms with Gasteiger partial charge in [0.05, 0.1) is 20.9 Å². The zero-order valence-corrected chi connectivity index (χ0v) is 7.34. The quantitative estimate of drug-likeness (QED) is 0.539. The molecule has 0 saturated carbocycles. The third kappa shape index (κ3) is 0.836. The smallest absolute Gasteiger partial charge is 0.256 e. The van der Waals surface area contributed by atoms with E-state index in [2.05, 4.69) is 4.98 Å². The Balaban J connectivity index is 2.51. The highest BCUT2D eigenvalue weighted by Gasteiger charge is 2.26. The molecule has 0 aromatic carbocycles. The molecule has 1 aliphatic carbocycles. The van der Waals surface area contributed by atoms with E-state index >= 15 is 0 Å². The van der Waals surface area contributed by atoms with Crippen LogP contribution in [-0.2, 0) is 0 Å². The van der Waals surface area contributed by atoms with Crippen LogP contribution >= 0.6 is 0 Å². The van der Waals surface area contributed by atoms with Crippen molar-refractivity contribution in [1.29, 1.82) is 0 Å². The van der Waals surface area contributed by atoms with Crippen LogP contribution in [0.5, 0.6) is 0 Å². The van der Waals surface area contributed by atoms with Crippen molar-refractivity contribution in [2.24, 2.45) is 0 Å². The lowest BCUT2D eigenvalue weighted by atomic mass is 10.1. The molecule has 2 heterocycles. The minimum Gasteiger partial charge on any atom is -0.256 e. The average molecular weight is 183 g/mol. The molecule has 0 radical (unpaired) electrons. The van der Waals surface area contributed by atoms with Gasteiger partial charge < -0.3 is 0 Å². The lowest BCUT2D eigenvalue weighted by molar-refractivity contribution is -0.376. The van der Waals surface area contributed by atoms with E-state index in [0.717, 1.165) is 20.9 Å². The van der Waals surface area contributed by atoms with Crippen LogP contribution in [0, 0.1) is 4.91 Å². The Labute approximate surface area is 80.0 Å². The Hall–Kier alpha value is -2.03. The molecule has 0 fully saturated rings. The van der Waals surface area contributed by atoms with Crippen molar-refractivity contribution in [3.05, 3.63) is 57.7 Å². The summed E-state index contributed by atoms with van der Waals surface area (Å²) in [5.41, 5.74) is 1.65. The van der Waals surface area contributed by atoms with Gasteiger partial charge in [0.2, 0.25) is 6.20 Å². The van der Waals surface area contributed by atoms with E-state index in [1.54, 1.807) is 12.3 Å². The highest BCUT2D eigenvalue weighted by atomic mass is 16.3. The second-order valence-electron chi connectivity index (χ2n) is 3.22. The third-order valence-electron chi connectivity index (χ3n) is 2.38. The van der Waals surface area contributed by atoms with Crippen molar-refractivity contribution in [2.75, 3.05) is 0 Å². The van der Waals surface area contributed by atoms with Crippen molar-refractivity contribution >= 4 is 11.8 Å². The molecule has 0 N–H and O–H groups in total. The van der Waals surface area contributed by atoms with Crippen LogP contribution in [0.1, 0.15) is 0 Å². The Kier molecular flexibility index (Phi) is 1.31. The molecule has 0 atom stereocenters. The van der Waals surface area contributed by atoms with Gasteiger partial charge >= 0.3 is 0 Å². The molecule has 1 aromatic heterocycles. The third-order valence-corrected chi connectivity index (χ3v) is 2.38. The number of rotatable bonds is 0. The lowest BCUT2D eigenvalue weighted by Gasteiger charge is -1.94. The number of nitrogens with zero attached hydrogens (tertiary/aromatic N) is 2. The van der Waals surface area contributed by atoms with Gasteiger partial charge in [0.15, 0.2) is 0 Å². The topological polar surface area (TPSA) is 33.0 Å². The van der Waals surface area contributed by atoms with E-state index < -0.39 is 0 Å². The van der Waals surface area contributed by atoms with Gasteiger partial charge in [0, 0.05) is 17.2 Å². The van der Waals surface area contributed by atoms with Crippen LogP contribution in [0.15, 0.2) is 42.3 Å². The summed E-state index contributed by atoms with van der Waals surface area (Å²) < 4.78 is 0.888. The monoisotopic (exact) mass is 183 g/mol. The minimum atomic E-state index is 0.704. The number of nitroso groups, excluding NO2 is 1. The summed E-state index contributed by atoms with van der Waals surface area (Å²) in [6, 6.07) is 3.76. The van der Waals surface area contributed by atoms with Gasteiger partial charge in [-0.1, -0.05) is 0 Å². The lowest BCUT2D eigenvalue weighted by Crippen LogP contribution is -2.27. The summed E-state index contributed by atoms with van der Waals surface area (Å²) in [6.07, 6.45) is 8.84. The normalized spacial score (nSPS) is 17.3. The summed E-state index contributed by atoms with van der Waals surface area (Å²) >= 11 is 0. The first-order valence-electron chi connectivity index (χ1n) is 4.38. The van der Waals surface area contributed by atoms with Crippen LogP contribution in [0.3, 0.4) is 0 Å². The van der Waals surface area contributed by atoms with Crippen LogP contribution in [0.25, 0.3) is 11.8 Å². The van der Waals surface area contributed by atoms with Gasteiger partial charge in [0.1, 0.15) is 0 Å². The van der Waals surface area contributed by atoms with Gasteiger partial charge in [-0.15, -0.1) is 0 Å². The van der Waals surface area contributed by atoms with Crippen LogP contribution in [0.4, 0.5) is 0 Å². The Morgan fingerprint density at radius 1 is 1.36 bits per heavy atom. The number of hydrogen-bond acceptors (Lipinski definition) is 2. The summed E-state index contributed by atoms with van der Waals surface area (Å²) in [6.45, 7) is 0. The fourth-order valence-corrected chi connectivity index (χ4v) is 1.78. The Morgan fingerprint density at radius 3 is 3.21 bits per heavy atom. The molecule has 3 rings (SSSR count). The Morgan fingerprint density at radius 2 is 2.29 bits per heavy atom. The van der Waals surface area contributed by atoms with E-state index in [1.807, 2.05) is 24.3 Å². The molecule has 14 heavy (non-hydrogen) atoms. The van der Waals surface area contributed by atoms with Crippen molar-refractivity contribution in [3.8, 4) is 0 Å². The minimum absolute atomic E-state index is 0.704. The largest absolute Gasteiger partial charge is 0.279 e. The van der Waals surface area contributed by atoms with Crippen molar-refractivity contribution in [3.63, 3.8) is 0 Å². The predicted molar refractivity (Wildman–Crippen MR) is 52.2 cm³/mol. The first-order valence-corrected chi connectivity index (χ1v) is 4.38. The first-order chi connectivity index (χ1) is 6.86. The van der Waals surface area contributed by atoms with Gasteiger partial charge in [0.25, 0.3) is 5.70 Å². The first kappa shape index (κ1) is 7.38. The van der Waals surface area contributed by atoms with Crippen molar-refractivity contribution in [1.82, 2.24) is 4.98 Å². The number of pyridine rings is 1. The molecular formula is C11H7N2O+. The van der Waals surface area contributed by atoms with Crippen LogP contribution in [0.2, 0.25) is 0 Å². The average Bonchev–Trinajstić information content (AvgIpc) is 2.57. The molecule has 3 nitrogen and oxygen atoms in total. The molecule has 2 aliphatic rings. The van der Waals surface area contributed by atoms with E-state index in [-0.39, 0.29) is 0 Å². The summed E-state index contributed by atoms with van der Waals surface area (Å²) in [5, 5.41) is 1.79. The van der Waals surface area contributed by atoms with Gasteiger partial charge in [-0.25, -0.2) is 0 Å². The second-order valence-corrected chi connectivity index (χ2v) is 3.22. The molecule has 1 aliphatic heterocycles. The van der Waals surface area contributed by atoms with Gasteiger partial charge in [-0.05, 0) is 24.3 Å². The summed E-state index contributed by atoms with van der Waals surface area (Å²) in [5.74, 6) is 0. The fraction of sp³-hybridized carbons (Fsp3) is 0. The number of allylic oxidation sites excluding steroid dienone is 2. The molecule has 0 saturated heterocycles. The Bertz CT molecular complexity index is 608. The maximum absolute atomic E-state index is 11.5. The highest BCUT2D eigenvalue weighted by molar-refractivity contribution is 5.78. The molecule has 3 heteroatoms. The highest BCUT2D eigenvalue weighted by Crippen LogP contribution is 2.18. The standard InChI is InChI=1S/C11H7N2O/c14-13-6-2-3-8-7-10-9(11(8)13)4-1-5-12-10/h1-7H/q+1.